The fourth-order valence-corrected chi connectivity index (χ4v) is 6.68. The molecule has 1 aromatic carbocycles. The minimum absolute atomic E-state index is 0.310. The first-order valence-corrected chi connectivity index (χ1v) is 12.1. The van der Waals surface area contributed by atoms with Gasteiger partial charge >= 0.3 is 0 Å². The van der Waals surface area contributed by atoms with E-state index < -0.39 is 0 Å². The molecule has 1 aliphatic carbocycles. The lowest BCUT2D eigenvalue weighted by atomic mass is 9.68. The number of likely N-dealkylation sites (tertiary alicyclic amines) is 1. The molecule has 0 aromatic heterocycles. The van der Waals surface area contributed by atoms with Crippen LogP contribution in [-0.4, -0.2) is 61.6 Å². The summed E-state index contributed by atoms with van der Waals surface area (Å²) in [6.07, 6.45) is 11.5. The summed E-state index contributed by atoms with van der Waals surface area (Å²) in [5.41, 5.74) is 2.69. The van der Waals surface area contributed by atoms with Crippen molar-refractivity contribution in [2.75, 3.05) is 33.9 Å². The van der Waals surface area contributed by atoms with E-state index in [1.165, 1.54) is 45.2 Å². The Bertz CT molecular complexity index is 851. The number of rotatable bonds is 5. The molecule has 5 heteroatoms. The van der Waals surface area contributed by atoms with Crippen molar-refractivity contribution >= 4 is 5.91 Å². The highest BCUT2D eigenvalue weighted by Gasteiger charge is 2.46. The molecule has 3 saturated heterocycles. The summed E-state index contributed by atoms with van der Waals surface area (Å²) in [7, 11) is 3.30. The highest BCUT2D eigenvalue weighted by molar-refractivity contribution is 5.77. The van der Waals surface area contributed by atoms with Gasteiger partial charge in [-0.2, -0.15) is 0 Å². The maximum absolute atomic E-state index is 13.4. The molecule has 2 unspecified atom stereocenters. The zero-order chi connectivity index (χ0) is 21.4. The number of hydrogen-bond donors (Lipinski definition) is 0. The Kier molecular flexibility index (Phi) is 5.96. The predicted octanol–water partition coefficient (Wildman–Crippen LogP) is 4.06. The number of benzene rings is 1. The zero-order valence-corrected chi connectivity index (χ0v) is 19.0. The molecule has 0 N–H and O–H groups in total. The summed E-state index contributed by atoms with van der Waals surface area (Å²) in [5, 5.41) is 0. The van der Waals surface area contributed by atoms with Crippen LogP contribution in [0, 0.1) is 11.8 Å². The predicted molar refractivity (Wildman–Crippen MR) is 121 cm³/mol. The molecule has 0 spiro atoms. The smallest absolute Gasteiger partial charge is 0.223 e. The molecule has 4 atom stereocenters. The quantitative estimate of drug-likeness (QED) is 0.669. The van der Waals surface area contributed by atoms with Crippen LogP contribution in [0.3, 0.4) is 0 Å². The maximum Gasteiger partial charge on any atom is 0.223 e. The van der Waals surface area contributed by atoms with E-state index in [9.17, 15) is 4.79 Å². The van der Waals surface area contributed by atoms with Crippen LogP contribution in [0.5, 0.6) is 11.5 Å². The SMILES string of the molecule is COc1ccc(CCC(=O)N2CCCC3=C[C@H]4C[C@@H](CN5CCCCC45)C32)cc1OC. The van der Waals surface area contributed by atoms with Gasteiger partial charge in [0.05, 0.1) is 20.3 Å². The summed E-state index contributed by atoms with van der Waals surface area (Å²) in [5.74, 6) is 3.10. The lowest BCUT2D eigenvalue weighted by Crippen LogP contribution is -2.60. The molecule has 168 valence electrons. The molecule has 3 fully saturated rings. The number of amides is 1. The molecular weight excluding hydrogens is 388 g/mol. The minimum Gasteiger partial charge on any atom is -0.493 e. The third kappa shape index (κ3) is 3.97. The molecule has 3 aliphatic heterocycles. The number of fused-ring (bicyclic) bond motifs is 6. The monoisotopic (exact) mass is 424 g/mol. The third-order valence-electron chi connectivity index (χ3n) is 8.05. The van der Waals surface area contributed by atoms with Crippen LogP contribution in [0.25, 0.3) is 0 Å². The topological polar surface area (TPSA) is 42.0 Å². The van der Waals surface area contributed by atoms with Crippen LogP contribution in [0.1, 0.15) is 50.5 Å². The van der Waals surface area contributed by atoms with Gasteiger partial charge in [-0.15, -0.1) is 0 Å². The van der Waals surface area contributed by atoms with Crippen LogP contribution in [0.15, 0.2) is 29.8 Å². The van der Waals surface area contributed by atoms with E-state index >= 15 is 0 Å². The molecule has 0 radical (unpaired) electrons. The van der Waals surface area contributed by atoms with Crippen molar-refractivity contribution < 1.29 is 14.3 Å². The van der Waals surface area contributed by atoms with Gasteiger partial charge in [-0.1, -0.05) is 24.1 Å². The summed E-state index contributed by atoms with van der Waals surface area (Å²) in [4.78, 5) is 18.4. The number of carbonyl (C=O) groups excluding carboxylic acids is 1. The molecule has 3 heterocycles. The molecule has 2 bridgehead atoms. The summed E-state index contributed by atoms with van der Waals surface area (Å²) >= 11 is 0. The van der Waals surface area contributed by atoms with Crippen molar-refractivity contribution in [3.05, 3.63) is 35.4 Å². The Morgan fingerprint density at radius 1 is 1.10 bits per heavy atom. The summed E-state index contributed by atoms with van der Waals surface area (Å²) < 4.78 is 10.8. The molecule has 0 saturated carbocycles. The van der Waals surface area contributed by atoms with E-state index in [-0.39, 0.29) is 0 Å². The number of methoxy groups -OCH3 is 2. The number of nitrogens with zero attached hydrogens (tertiary/aromatic N) is 2. The van der Waals surface area contributed by atoms with Gasteiger partial charge in [0.15, 0.2) is 11.5 Å². The zero-order valence-electron chi connectivity index (χ0n) is 19.0. The third-order valence-corrected chi connectivity index (χ3v) is 8.05. The van der Waals surface area contributed by atoms with E-state index in [2.05, 4.69) is 15.9 Å². The van der Waals surface area contributed by atoms with Gasteiger partial charge in [0.25, 0.3) is 0 Å². The van der Waals surface area contributed by atoms with Crippen molar-refractivity contribution in [2.24, 2.45) is 11.8 Å². The lowest BCUT2D eigenvalue weighted by Gasteiger charge is -2.54. The summed E-state index contributed by atoms with van der Waals surface area (Å²) in [6, 6.07) is 7.06. The fraction of sp³-hybridized carbons (Fsp3) is 0.654. The Hall–Kier alpha value is -2.01. The van der Waals surface area contributed by atoms with E-state index in [4.69, 9.17) is 9.47 Å². The van der Waals surface area contributed by atoms with E-state index in [0.717, 1.165) is 42.5 Å². The molecular formula is C26H36N2O3. The number of ether oxygens (including phenoxy) is 2. The molecule has 5 rings (SSSR count). The van der Waals surface area contributed by atoms with Gasteiger partial charge in [-0.25, -0.2) is 0 Å². The average Bonchev–Trinajstić information content (AvgIpc) is 2.82. The molecule has 5 nitrogen and oxygen atoms in total. The number of piperidine rings is 3. The van der Waals surface area contributed by atoms with Gasteiger partial charge in [0.1, 0.15) is 0 Å². The maximum atomic E-state index is 13.4. The molecule has 4 aliphatic rings. The first-order chi connectivity index (χ1) is 15.2. The van der Waals surface area contributed by atoms with Crippen LogP contribution in [-0.2, 0) is 11.2 Å². The van der Waals surface area contributed by atoms with Gasteiger partial charge in [-0.05, 0) is 74.6 Å². The molecule has 1 amide bonds. The normalized spacial score (nSPS) is 30.1. The van der Waals surface area contributed by atoms with Crippen LogP contribution in [0.4, 0.5) is 0 Å². The highest BCUT2D eigenvalue weighted by atomic mass is 16.5. The van der Waals surface area contributed by atoms with E-state index in [1.54, 1.807) is 19.8 Å². The Balaban J connectivity index is 1.29. The minimum atomic E-state index is 0.310. The second-order valence-corrected chi connectivity index (χ2v) is 9.78. The van der Waals surface area contributed by atoms with Crippen molar-refractivity contribution in [1.29, 1.82) is 0 Å². The number of aryl methyl sites for hydroxylation is 1. The summed E-state index contributed by atoms with van der Waals surface area (Å²) in [6.45, 7) is 3.35. The van der Waals surface area contributed by atoms with E-state index in [1.807, 2.05) is 18.2 Å². The van der Waals surface area contributed by atoms with Crippen LogP contribution < -0.4 is 9.47 Å². The number of carbonyl (C=O) groups is 1. The van der Waals surface area contributed by atoms with E-state index in [0.29, 0.717) is 30.2 Å². The largest absolute Gasteiger partial charge is 0.493 e. The molecule has 1 aromatic rings. The Labute approximate surface area is 186 Å². The van der Waals surface area contributed by atoms with Crippen molar-refractivity contribution in [2.45, 2.75) is 63.5 Å². The van der Waals surface area contributed by atoms with Crippen LogP contribution in [0.2, 0.25) is 0 Å². The first kappa shape index (κ1) is 20.9. The first-order valence-electron chi connectivity index (χ1n) is 12.1. The highest BCUT2D eigenvalue weighted by Crippen LogP contribution is 2.45. The Morgan fingerprint density at radius 2 is 1.97 bits per heavy atom. The van der Waals surface area contributed by atoms with Crippen molar-refractivity contribution in [3.8, 4) is 11.5 Å². The van der Waals surface area contributed by atoms with Crippen molar-refractivity contribution in [1.82, 2.24) is 9.80 Å². The van der Waals surface area contributed by atoms with Gasteiger partial charge < -0.3 is 14.4 Å². The van der Waals surface area contributed by atoms with Gasteiger partial charge in [0.2, 0.25) is 5.91 Å². The molecule has 31 heavy (non-hydrogen) atoms. The standard InChI is InChI=1S/C26H36N2O3/c1-30-23-10-8-18(14-24(23)31-2)9-11-25(29)28-13-5-6-19-15-20-16-21(26(19)28)17-27-12-4-3-7-22(20)27/h8,10,14-15,20-22,26H,3-7,9,11-13,16-17H2,1-2H3/t20-,21-,22?,26?/m0/s1. The fourth-order valence-electron chi connectivity index (χ4n) is 6.68. The lowest BCUT2D eigenvalue weighted by molar-refractivity contribution is -0.136. The van der Waals surface area contributed by atoms with Gasteiger partial charge in [0, 0.05) is 25.6 Å². The van der Waals surface area contributed by atoms with Gasteiger partial charge in [-0.3, -0.25) is 9.69 Å². The second kappa shape index (κ2) is 8.85. The Morgan fingerprint density at radius 3 is 2.81 bits per heavy atom. The number of hydrogen-bond acceptors (Lipinski definition) is 4. The van der Waals surface area contributed by atoms with Crippen LogP contribution >= 0.6 is 0 Å². The van der Waals surface area contributed by atoms with Crippen molar-refractivity contribution in [3.63, 3.8) is 0 Å². The second-order valence-electron chi connectivity index (χ2n) is 9.78. The average molecular weight is 425 g/mol.